The van der Waals surface area contributed by atoms with E-state index in [1.807, 2.05) is 139 Å². The molecule has 12 aromatic rings. The van der Waals surface area contributed by atoms with Gasteiger partial charge in [0, 0.05) is 55.5 Å². The van der Waals surface area contributed by atoms with Crippen molar-refractivity contribution in [3.63, 3.8) is 0 Å². The van der Waals surface area contributed by atoms with Crippen LogP contribution in [0, 0.1) is 41.5 Å². The van der Waals surface area contributed by atoms with E-state index in [0.717, 1.165) is 85.8 Å². The number of nitrogens with zero attached hydrogens (tertiary/aromatic N) is 18. The highest BCUT2D eigenvalue weighted by Gasteiger charge is 2.23. The predicted molar refractivity (Wildman–Crippen MR) is 339 cm³/mol. The van der Waals surface area contributed by atoms with Crippen LogP contribution in [-0.2, 0) is 63.6 Å². The maximum Gasteiger partial charge on any atom is 0.352 e. The fourth-order valence-electron chi connectivity index (χ4n) is 10.6. The Balaban J connectivity index is 0.000000151. The van der Waals surface area contributed by atoms with Crippen molar-refractivity contribution >= 4 is 0 Å². The summed E-state index contributed by atoms with van der Waals surface area (Å²) in [4.78, 5) is 79.0. The average Bonchev–Trinajstić information content (AvgIpc) is 1.66. The number of hydrogen-bond donors (Lipinski definition) is 0. The number of hydrogen-bond acceptors (Lipinski definition) is 16. The quantitative estimate of drug-likeness (QED) is 0.0714. The Labute approximate surface area is 526 Å². The first-order valence-corrected chi connectivity index (χ1v) is 30.2. The van der Waals surface area contributed by atoms with Crippen molar-refractivity contribution < 1.29 is 18.3 Å². The van der Waals surface area contributed by atoms with Crippen LogP contribution in [0.5, 0.6) is 0 Å². The van der Waals surface area contributed by atoms with Gasteiger partial charge in [0.05, 0.1) is 105 Å². The van der Waals surface area contributed by atoms with Gasteiger partial charge in [-0.25, -0.2) is 70.6 Å². The molecular weight excluding hydrogens is 1180 g/mol. The monoisotopic (exact) mass is 1250 g/mol. The van der Waals surface area contributed by atoms with Crippen LogP contribution < -0.4 is 34.1 Å². The van der Waals surface area contributed by atoms with E-state index in [-0.39, 0.29) is 35.8 Å². The Morgan fingerprint density at radius 2 is 0.685 bits per heavy atom. The molecule has 0 fully saturated rings. The Morgan fingerprint density at radius 1 is 0.380 bits per heavy atom. The van der Waals surface area contributed by atoms with Gasteiger partial charge in [-0.1, -0.05) is 127 Å². The first-order chi connectivity index (χ1) is 44.5. The summed E-state index contributed by atoms with van der Waals surface area (Å²) in [5, 5.41) is 24.9. The second-order valence-electron chi connectivity index (χ2n) is 22.1. The first kappa shape index (κ1) is 64.1. The number of aromatic nitrogens is 18. The second-order valence-corrected chi connectivity index (χ2v) is 22.1. The van der Waals surface area contributed by atoms with Crippen molar-refractivity contribution in [3.8, 4) is 17.1 Å². The van der Waals surface area contributed by atoms with Crippen LogP contribution in [0.3, 0.4) is 0 Å². The summed E-state index contributed by atoms with van der Waals surface area (Å²) in [5.41, 5.74) is 6.93. The lowest BCUT2D eigenvalue weighted by atomic mass is 10.2. The standard InChI is InChI=1S/C22H26N6O3.C21H24N6O4.C21H24N6O3/c1-4-5-11-26-21(29)28(22(30)27(26)13-18-9-7-6-8-10-18)19-12-23-25(14-19)15-20-16(2)24-31-17(20)3;1-15-19(16(2)31-23-15)14-24-13-18(11-22-24)27-20(28)25(9-10-30-3)26(21(27)29)12-17-7-5-4-6-8-17;1-4-10-25-20(28)27(21(29)26(25)12-17-8-6-5-7-9-17)18-11-22-24(13-18)14-19-15(2)23-30-16(19)3/h6-10,12,14H,4-5,11,13,15H2,1-3H3;4-8,11,13H,9-10,12,14H2,1-3H3;5-9,11,13H,4,10,12,14H2,1-3H3. The van der Waals surface area contributed by atoms with Crippen LogP contribution in [-0.4, -0.2) is 100 Å². The van der Waals surface area contributed by atoms with Gasteiger partial charge in [-0.2, -0.15) is 15.3 Å². The highest BCUT2D eigenvalue weighted by atomic mass is 16.5. The lowest BCUT2D eigenvalue weighted by Gasteiger charge is -2.08. The lowest BCUT2D eigenvalue weighted by Crippen LogP contribution is -2.28. The molecule has 0 amide bonds. The summed E-state index contributed by atoms with van der Waals surface area (Å²) in [6.07, 6.45) is 12.1. The maximum absolute atomic E-state index is 13.3. The molecule has 9 aromatic heterocycles. The Kier molecular flexibility index (Phi) is 20.0. The molecule has 480 valence electrons. The van der Waals surface area contributed by atoms with Gasteiger partial charge in [-0.3, -0.25) is 14.0 Å². The zero-order valence-electron chi connectivity index (χ0n) is 52.9. The number of ether oxygens (including phenoxy) is 1. The molecule has 0 saturated heterocycles. The molecule has 12 rings (SSSR count). The van der Waals surface area contributed by atoms with Gasteiger partial charge in [0.1, 0.15) is 17.3 Å². The molecule has 0 bridgehead atoms. The third-order valence-electron chi connectivity index (χ3n) is 15.7. The van der Waals surface area contributed by atoms with Crippen molar-refractivity contribution in [1.29, 1.82) is 0 Å². The normalized spacial score (nSPS) is 11.3. The van der Waals surface area contributed by atoms with E-state index in [1.54, 1.807) is 39.7 Å². The largest absolute Gasteiger partial charge is 0.383 e. The molecule has 0 aliphatic heterocycles. The molecule has 0 aliphatic carbocycles. The van der Waals surface area contributed by atoms with Gasteiger partial charge in [0.15, 0.2) is 0 Å². The topological polar surface area (TPSA) is 288 Å². The molecule has 28 heteroatoms. The molecule has 0 saturated carbocycles. The summed E-state index contributed by atoms with van der Waals surface area (Å²) in [6, 6.07) is 28.8. The Morgan fingerprint density at radius 3 is 0.967 bits per heavy atom. The second kappa shape index (κ2) is 28.7. The van der Waals surface area contributed by atoms with Crippen molar-refractivity contribution in [2.24, 2.45) is 0 Å². The van der Waals surface area contributed by atoms with Crippen molar-refractivity contribution in [2.45, 2.75) is 134 Å². The van der Waals surface area contributed by atoms with E-state index in [1.165, 1.54) is 55.8 Å². The van der Waals surface area contributed by atoms with E-state index < -0.39 is 11.4 Å². The minimum Gasteiger partial charge on any atom is -0.383 e. The van der Waals surface area contributed by atoms with Crippen molar-refractivity contribution in [2.75, 3.05) is 13.7 Å². The van der Waals surface area contributed by atoms with Crippen LogP contribution in [0.4, 0.5) is 0 Å². The molecule has 0 spiro atoms. The molecule has 28 nitrogen and oxygen atoms in total. The minimum atomic E-state index is -0.435. The number of aryl methyl sites for hydroxylation is 6. The van der Waals surface area contributed by atoms with Gasteiger partial charge >= 0.3 is 34.1 Å². The van der Waals surface area contributed by atoms with Gasteiger partial charge in [-0.15, -0.1) is 0 Å². The zero-order chi connectivity index (χ0) is 65.2. The van der Waals surface area contributed by atoms with Gasteiger partial charge in [-0.05, 0) is 71.1 Å². The highest BCUT2D eigenvalue weighted by Crippen LogP contribution is 2.18. The first-order valence-electron chi connectivity index (χ1n) is 30.2. The smallest absolute Gasteiger partial charge is 0.352 e. The average molecular weight is 1260 g/mol. The van der Waals surface area contributed by atoms with E-state index >= 15 is 0 Å². The molecule has 0 aliphatic rings. The maximum atomic E-state index is 13.3. The lowest BCUT2D eigenvalue weighted by molar-refractivity contribution is 0.176. The third kappa shape index (κ3) is 13.9. The van der Waals surface area contributed by atoms with Gasteiger partial charge < -0.3 is 18.3 Å². The highest BCUT2D eigenvalue weighted by molar-refractivity contribution is 5.30. The third-order valence-corrected chi connectivity index (χ3v) is 15.7. The van der Waals surface area contributed by atoms with Crippen LogP contribution in [0.25, 0.3) is 17.1 Å². The summed E-state index contributed by atoms with van der Waals surface area (Å²) in [6.45, 7) is 18.9. The molecule has 0 N–H and O–H groups in total. The van der Waals surface area contributed by atoms with Crippen LogP contribution in [0.2, 0.25) is 0 Å². The molecular formula is C64H74N18O10. The summed E-state index contributed by atoms with van der Waals surface area (Å²) in [7, 11) is 1.56. The van der Waals surface area contributed by atoms with Crippen molar-refractivity contribution in [3.05, 3.63) is 259 Å². The summed E-state index contributed by atoms with van der Waals surface area (Å²) < 4.78 is 38.1. The van der Waals surface area contributed by atoms with Crippen LogP contribution >= 0.6 is 0 Å². The fourth-order valence-corrected chi connectivity index (χ4v) is 10.6. The van der Waals surface area contributed by atoms with Gasteiger partial charge in [0.2, 0.25) is 0 Å². The molecule has 92 heavy (non-hydrogen) atoms. The molecule has 9 heterocycles. The Bertz CT molecular complexity index is 4550. The van der Waals surface area contributed by atoms with E-state index in [0.29, 0.717) is 75.2 Å². The SMILES string of the molecule is CCCCn1c(=O)n(-c2cnn(Cc3c(C)noc3C)c2)c(=O)n1Cc1ccccc1.CCCn1c(=O)n(-c2cnn(Cc3c(C)noc3C)c2)c(=O)n1Cc1ccccc1.COCCn1c(=O)n(-c2cnn(Cc3c(C)noc3C)c2)c(=O)n1Cc1ccccc1. The predicted octanol–water partition coefficient (Wildman–Crippen LogP) is 5.95. The number of unbranched alkanes of at least 4 members (excludes halogenated alkanes) is 1. The molecule has 0 radical (unpaired) electrons. The number of benzene rings is 3. The van der Waals surface area contributed by atoms with Crippen molar-refractivity contribution in [1.82, 2.24) is 86.6 Å². The summed E-state index contributed by atoms with van der Waals surface area (Å²) in [5.74, 6) is 2.16. The van der Waals surface area contributed by atoms with Crippen LogP contribution in [0.15, 0.2) is 171 Å². The fraction of sp³-hybridized carbons (Fsp3) is 0.344. The molecule has 3 aromatic carbocycles. The minimum absolute atomic E-state index is 0.262. The van der Waals surface area contributed by atoms with E-state index in [4.69, 9.17) is 18.3 Å². The van der Waals surface area contributed by atoms with E-state index in [9.17, 15) is 28.8 Å². The molecule has 0 unspecified atom stereocenters. The molecule has 0 atom stereocenters. The zero-order valence-corrected chi connectivity index (χ0v) is 52.9. The number of rotatable bonds is 23. The number of methoxy groups -OCH3 is 1. The Hall–Kier alpha value is -10.9. The van der Waals surface area contributed by atoms with Gasteiger partial charge in [0.25, 0.3) is 0 Å². The summed E-state index contributed by atoms with van der Waals surface area (Å²) >= 11 is 0. The van der Waals surface area contributed by atoms with Crippen LogP contribution in [0.1, 0.15) is 101 Å². The van der Waals surface area contributed by atoms with E-state index in [2.05, 4.69) is 37.7 Å².